The molecule has 0 radical (unpaired) electrons. The summed E-state index contributed by atoms with van der Waals surface area (Å²) >= 11 is 0. The van der Waals surface area contributed by atoms with Crippen molar-refractivity contribution in [2.75, 3.05) is 5.43 Å². The zero-order valence-corrected chi connectivity index (χ0v) is 6.93. The first-order chi connectivity index (χ1) is 6.24. The molecule has 66 valence electrons. The number of allylic oxidation sites excluding steroid dienone is 1. The zero-order chi connectivity index (χ0) is 9.68. The van der Waals surface area contributed by atoms with Crippen molar-refractivity contribution in [2.24, 2.45) is 0 Å². The van der Waals surface area contributed by atoms with Crippen molar-refractivity contribution < 1.29 is 4.79 Å². The van der Waals surface area contributed by atoms with Crippen LogP contribution in [0.3, 0.4) is 0 Å². The van der Waals surface area contributed by atoms with Gasteiger partial charge in [-0.3, -0.25) is 10.2 Å². The van der Waals surface area contributed by atoms with E-state index < -0.39 is 0 Å². The van der Waals surface area contributed by atoms with Crippen molar-refractivity contribution in [3.63, 3.8) is 0 Å². The molecule has 0 fully saturated rings. The lowest BCUT2D eigenvalue weighted by molar-refractivity contribution is -0.113. The second kappa shape index (κ2) is 4.01. The van der Waals surface area contributed by atoms with Crippen molar-refractivity contribution in [1.29, 1.82) is 5.26 Å². The Bertz CT molecular complexity index is 359. The molecule has 0 unspecified atom stereocenters. The Morgan fingerprint density at radius 2 is 2.23 bits per heavy atom. The van der Waals surface area contributed by atoms with E-state index >= 15 is 0 Å². The summed E-state index contributed by atoms with van der Waals surface area (Å²) in [4.78, 5) is 10.8. The van der Waals surface area contributed by atoms with Gasteiger partial charge in [-0.15, -0.1) is 10.2 Å². The summed E-state index contributed by atoms with van der Waals surface area (Å²) in [5.41, 5.74) is 2.69. The van der Waals surface area contributed by atoms with Gasteiger partial charge in [0.1, 0.15) is 24.3 Å². The standard InChI is InChI=1S/C7H7N5O/c1-6(13)7(2-8)3-11-12-4-9-10-5-12/h3-5,11H,1H3/b7-3-. The number of Topliss-reactive ketones (excluding diaryl/α,β-unsaturated/α-hetero) is 1. The van der Waals surface area contributed by atoms with Crippen LogP contribution in [0.4, 0.5) is 0 Å². The molecule has 0 atom stereocenters. The highest BCUT2D eigenvalue weighted by molar-refractivity contribution is 5.97. The third-order valence-corrected chi connectivity index (χ3v) is 1.28. The fourth-order valence-corrected chi connectivity index (χ4v) is 0.619. The Morgan fingerprint density at radius 3 is 2.69 bits per heavy atom. The number of nitrogens with zero attached hydrogens (tertiary/aromatic N) is 4. The molecule has 1 aromatic rings. The summed E-state index contributed by atoms with van der Waals surface area (Å²) in [6, 6.07) is 1.76. The first-order valence-electron chi connectivity index (χ1n) is 3.46. The number of hydrogen-bond acceptors (Lipinski definition) is 5. The van der Waals surface area contributed by atoms with E-state index in [0.29, 0.717) is 0 Å². The maximum absolute atomic E-state index is 10.8. The first-order valence-corrected chi connectivity index (χ1v) is 3.46. The van der Waals surface area contributed by atoms with E-state index in [1.807, 2.05) is 0 Å². The molecule has 0 aliphatic rings. The molecule has 0 aliphatic heterocycles. The van der Waals surface area contributed by atoms with Gasteiger partial charge in [-0.05, 0) is 6.92 Å². The van der Waals surface area contributed by atoms with Crippen LogP contribution in [-0.2, 0) is 4.79 Å². The number of rotatable bonds is 3. The molecule has 6 heteroatoms. The van der Waals surface area contributed by atoms with Crippen LogP contribution in [0.5, 0.6) is 0 Å². The third-order valence-electron chi connectivity index (χ3n) is 1.28. The fraction of sp³-hybridized carbons (Fsp3) is 0.143. The van der Waals surface area contributed by atoms with Crippen LogP contribution < -0.4 is 5.43 Å². The summed E-state index contributed by atoms with van der Waals surface area (Å²) in [5.74, 6) is -0.289. The summed E-state index contributed by atoms with van der Waals surface area (Å²) in [7, 11) is 0. The predicted octanol–water partition coefficient (Wildman–Crippen LogP) is -0.182. The van der Waals surface area contributed by atoms with E-state index in [0.717, 1.165) is 0 Å². The zero-order valence-electron chi connectivity index (χ0n) is 6.93. The van der Waals surface area contributed by atoms with Crippen LogP contribution in [0.25, 0.3) is 0 Å². The van der Waals surface area contributed by atoms with Gasteiger partial charge in [-0.2, -0.15) is 5.26 Å². The van der Waals surface area contributed by atoms with Gasteiger partial charge in [0.2, 0.25) is 0 Å². The lowest BCUT2D eigenvalue weighted by Gasteiger charge is -1.98. The molecule has 0 saturated heterocycles. The molecule has 0 spiro atoms. The molecule has 0 amide bonds. The van der Waals surface area contributed by atoms with E-state index in [-0.39, 0.29) is 11.4 Å². The van der Waals surface area contributed by atoms with Crippen LogP contribution in [-0.4, -0.2) is 20.7 Å². The number of carbonyl (C=O) groups excluding carboxylic acids is 1. The van der Waals surface area contributed by atoms with Crippen LogP contribution in [0.2, 0.25) is 0 Å². The minimum absolute atomic E-state index is 0.0497. The average molecular weight is 177 g/mol. The fourth-order valence-electron chi connectivity index (χ4n) is 0.619. The molecule has 1 aromatic heterocycles. The molecule has 1 rings (SSSR count). The van der Waals surface area contributed by atoms with Gasteiger partial charge in [0.05, 0.1) is 0 Å². The topological polar surface area (TPSA) is 83.6 Å². The normalized spacial score (nSPS) is 10.6. The maximum atomic E-state index is 10.8. The molecule has 0 aromatic carbocycles. The van der Waals surface area contributed by atoms with E-state index in [1.54, 1.807) is 6.07 Å². The predicted molar refractivity (Wildman–Crippen MR) is 43.8 cm³/mol. The van der Waals surface area contributed by atoms with Crippen LogP contribution >= 0.6 is 0 Å². The van der Waals surface area contributed by atoms with Gasteiger partial charge in [0, 0.05) is 6.20 Å². The highest BCUT2D eigenvalue weighted by Crippen LogP contribution is 1.91. The largest absolute Gasteiger partial charge is 0.298 e. The van der Waals surface area contributed by atoms with Gasteiger partial charge >= 0.3 is 0 Å². The number of nitrogens with one attached hydrogen (secondary N) is 1. The van der Waals surface area contributed by atoms with Gasteiger partial charge in [-0.25, -0.2) is 4.68 Å². The number of aromatic nitrogens is 3. The smallest absolute Gasteiger partial charge is 0.171 e. The Balaban J connectivity index is 2.67. The van der Waals surface area contributed by atoms with Gasteiger partial charge in [0.15, 0.2) is 5.78 Å². The molecular formula is C7H7N5O. The van der Waals surface area contributed by atoms with E-state index in [2.05, 4.69) is 15.6 Å². The second-order valence-corrected chi connectivity index (χ2v) is 2.22. The molecule has 0 aliphatic carbocycles. The highest BCUT2D eigenvalue weighted by atomic mass is 16.1. The number of hydrogen-bond donors (Lipinski definition) is 1. The van der Waals surface area contributed by atoms with E-state index in [4.69, 9.17) is 5.26 Å². The van der Waals surface area contributed by atoms with Gasteiger partial charge in [-0.1, -0.05) is 0 Å². The Hall–Kier alpha value is -2.16. The summed E-state index contributed by atoms with van der Waals surface area (Å²) in [5, 5.41) is 15.6. The van der Waals surface area contributed by atoms with Crippen molar-refractivity contribution in [3.8, 4) is 6.07 Å². The minimum Gasteiger partial charge on any atom is -0.298 e. The van der Waals surface area contributed by atoms with Crippen LogP contribution in [0.15, 0.2) is 24.4 Å². The quantitative estimate of drug-likeness (QED) is 0.511. The summed E-state index contributed by atoms with van der Waals surface area (Å²) in [6.45, 7) is 1.32. The Morgan fingerprint density at radius 1 is 1.62 bits per heavy atom. The van der Waals surface area contributed by atoms with Gasteiger partial charge in [0.25, 0.3) is 0 Å². The van der Waals surface area contributed by atoms with Crippen LogP contribution in [0.1, 0.15) is 6.92 Å². The monoisotopic (exact) mass is 177 g/mol. The average Bonchev–Trinajstić information content (AvgIpc) is 2.57. The first kappa shape index (κ1) is 8.93. The van der Waals surface area contributed by atoms with E-state index in [9.17, 15) is 4.79 Å². The minimum atomic E-state index is -0.289. The molecule has 13 heavy (non-hydrogen) atoms. The SMILES string of the molecule is CC(=O)/C(C#N)=C\Nn1cnnc1. The molecule has 6 nitrogen and oxygen atoms in total. The van der Waals surface area contributed by atoms with Crippen LogP contribution in [0, 0.1) is 11.3 Å². The highest BCUT2D eigenvalue weighted by Gasteiger charge is 2.00. The number of nitriles is 1. The van der Waals surface area contributed by atoms with Crippen molar-refractivity contribution in [1.82, 2.24) is 14.9 Å². The lowest BCUT2D eigenvalue weighted by Crippen LogP contribution is -2.07. The number of ketones is 1. The Labute approximate surface area is 74.5 Å². The molecule has 1 heterocycles. The molecular weight excluding hydrogens is 170 g/mol. The maximum Gasteiger partial charge on any atom is 0.171 e. The lowest BCUT2D eigenvalue weighted by atomic mass is 10.2. The third kappa shape index (κ3) is 2.41. The Kier molecular flexibility index (Phi) is 2.76. The molecule has 0 saturated carbocycles. The molecule has 0 bridgehead atoms. The summed E-state index contributed by atoms with van der Waals surface area (Å²) < 4.78 is 1.42. The van der Waals surface area contributed by atoms with Crippen molar-refractivity contribution in [3.05, 3.63) is 24.4 Å². The molecule has 1 N–H and O–H groups in total. The number of carbonyl (C=O) groups is 1. The second-order valence-electron chi connectivity index (χ2n) is 2.22. The van der Waals surface area contributed by atoms with E-state index in [1.165, 1.54) is 30.5 Å². The van der Waals surface area contributed by atoms with Gasteiger partial charge < -0.3 is 0 Å². The van der Waals surface area contributed by atoms with Crippen molar-refractivity contribution in [2.45, 2.75) is 6.92 Å². The van der Waals surface area contributed by atoms with Crippen molar-refractivity contribution >= 4 is 5.78 Å². The summed E-state index contributed by atoms with van der Waals surface area (Å²) in [6.07, 6.45) is 4.11.